The molecule has 0 radical (unpaired) electrons. The molecule has 0 amide bonds. The Bertz CT molecular complexity index is 912. The van der Waals surface area contributed by atoms with E-state index in [-0.39, 0.29) is 24.8 Å². The van der Waals surface area contributed by atoms with Crippen molar-refractivity contribution in [2.45, 2.75) is 91.8 Å². The van der Waals surface area contributed by atoms with Gasteiger partial charge in [0.25, 0.3) is 0 Å². The minimum absolute atomic E-state index is 0. The van der Waals surface area contributed by atoms with Crippen molar-refractivity contribution < 1.29 is 17.4 Å². The van der Waals surface area contributed by atoms with E-state index in [0.717, 1.165) is 24.9 Å². The van der Waals surface area contributed by atoms with Crippen LogP contribution in [0.15, 0.2) is 46.6 Å². The molecule has 0 fully saturated rings. The van der Waals surface area contributed by atoms with Crippen LogP contribution in [0.4, 0.5) is 0 Å². The Hall–Kier alpha value is 2.81. The molecule has 0 saturated carbocycles. The van der Waals surface area contributed by atoms with Crippen LogP contribution >= 0.6 is 91.3 Å². The van der Waals surface area contributed by atoms with E-state index in [1.807, 2.05) is 0 Å². The summed E-state index contributed by atoms with van der Waals surface area (Å²) >= 11 is 34.8. The van der Waals surface area contributed by atoms with E-state index in [0.29, 0.717) is 7.25 Å². The monoisotopic (exact) mass is 780 g/mol. The molecule has 0 aromatic heterocycles. The summed E-state index contributed by atoms with van der Waals surface area (Å²) in [5, 5.41) is 0. The fourth-order valence-electron chi connectivity index (χ4n) is 7.54. The molecule has 4 aliphatic carbocycles. The van der Waals surface area contributed by atoms with Gasteiger partial charge >= 0.3 is 241 Å². The molecule has 2 atom stereocenters. The van der Waals surface area contributed by atoms with Crippen LogP contribution in [0.2, 0.25) is 27.6 Å². The summed E-state index contributed by atoms with van der Waals surface area (Å²) in [6.45, 7) is 2.48. The predicted molar refractivity (Wildman–Crippen MR) is 175 cm³/mol. The van der Waals surface area contributed by atoms with Gasteiger partial charge in [-0.15, -0.1) is 24.8 Å². The Morgan fingerprint density at radius 2 is 1.03 bits per heavy atom. The molecule has 0 aliphatic heterocycles. The SMILES string of the molecule is Cl.Cl.[SiH2]=[Zr]([CH2]CC[Si](Cl)(Cl)Cl)([CH2]CC[Si](Cl)(Cl)Cl)([CH]1C=CC2=C1CCCC2)[CH]1C=CC2=C1CCCC2. The van der Waals surface area contributed by atoms with Crippen LogP contribution in [0.5, 0.6) is 0 Å². The summed E-state index contributed by atoms with van der Waals surface area (Å²) in [7, 11) is 0. The van der Waals surface area contributed by atoms with E-state index >= 15 is 0 Å². The number of hydrogen-bond acceptors (Lipinski definition) is 0. The molecule has 36 heavy (non-hydrogen) atoms. The number of hydrogen-bond donors (Lipinski definition) is 0. The van der Waals surface area contributed by atoms with E-state index in [4.69, 9.17) is 66.5 Å². The molecule has 0 aromatic rings. The third-order valence-electron chi connectivity index (χ3n) is 9.08. The zero-order valence-electron chi connectivity index (χ0n) is 20.7. The van der Waals surface area contributed by atoms with Crippen LogP contribution in [-0.2, 0) is 17.4 Å². The van der Waals surface area contributed by atoms with Gasteiger partial charge in [-0.3, -0.25) is 0 Å². The zero-order chi connectivity index (χ0) is 24.6. The molecule has 206 valence electrons. The van der Waals surface area contributed by atoms with Crippen LogP contribution in [0.3, 0.4) is 0 Å². The summed E-state index contributed by atoms with van der Waals surface area (Å²) in [5.41, 5.74) is 6.80. The second-order valence-corrected chi connectivity index (χ2v) is 56.6. The maximum absolute atomic E-state index is 6.41. The van der Waals surface area contributed by atoms with Gasteiger partial charge in [0.15, 0.2) is 0 Å². The molecule has 0 spiro atoms. The van der Waals surface area contributed by atoms with Crippen LogP contribution in [-0.4, -0.2) is 18.9 Å². The Labute approximate surface area is 262 Å². The Balaban J connectivity index is 0.00000228. The molecule has 0 aromatic carbocycles. The van der Waals surface area contributed by atoms with Gasteiger partial charge in [-0.2, -0.15) is 0 Å². The van der Waals surface area contributed by atoms with Gasteiger partial charge in [-0.25, -0.2) is 0 Å². The summed E-state index contributed by atoms with van der Waals surface area (Å²) in [6, 6.07) is -3.82. The third-order valence-corrected chi connectivity index (χ3v) is 42.7. The second kappa shape index (κ2) is 13.9. The maximum atomic E-state index is 6.41. The molecular weight excluding hydrogens is 747 g/mol. The molecule has 0 nitrogen and oxygen atoms in total. The molecule has 4 rings (SSSR count). The summed E-state index contributed by atoms with van der Waals surface area (Å²) in [6.07, 6.45) is 22.6. The van der Waals surface area contributed by atoms with Crippen molar-refractivity contribution in [3.05, 3.63) is 46.6 Å². The minimum atomic E-state index is -3.66. The summed E-state index contributed by atoms with van der Waals surface area (Å²) in [4.78, 5) is 0. The van der Waals surface area contributed by atoms with E-state index in [2.05, 4.69) is 31.2 Å². The Kier molecular flexibility index (Phi) is 13.5. The molecule has 0 bridgehead atoms. The van der Waals surface area contributed by atoms with Gasteiger partial charge in [0, 0.05) is 0 Å². The van der Waals surface area contributed by atoms with Gasteiger partial charge in [0.2, 0.25) is 0 Å². The van der Waals surface area contributed by atoms with E-state index < -0.39 is 29.4 Å². The summed E-state index contributed by atoms with van der Waals surface area (Å²) < 4.78 is 3.74. The Morgan fingerprint density at radius 3 is 1.39 bits per heavy atom. The quantitative estimate of drug-likeness (QED) is 0.153. The molecular formula is C24H38Cl8Si3Zr. The van der Waals surface area contributed by atoms with Gasteiger partial charge in [0.1, 0.15) is 0 Å². The van der Waals surface area contributed by atoms with Crippen LogP contribution < -0.4 is 0 Å². The number of rotatable bonds is 10. The first-order valence-corrected chi connectivity index (χ1v) is 35.6. The third kappa shape index (κ3) is 8.00. The molecule has 0 heterocycles. The van der Waals surface area contributed by atoms with Crippen molar-refractivity contribution in [3.63, 3.8) is 0 Å². The average Bonchev–Trinajstić information content (AvgIpc) is 3.37. The van der Waals surface area contributed by atoms with Gasteiger partial charge < -0.3 is 0 Å². The van der Waals surface area contributed by atoms with Crippen molar-refractivity contribution >= 4 is 110 Å². The van der Waals surface area contributed by atoms with Crippen molar-refractivity contribution in [3.8, 4) is 0 Å². The van der Waals surface area contributed by atoms with Crippen LogP contribution in [0.25, 0.3) is 0 Å². The van der Waals surface area contributed by atoms with E-state index in [1.165, 1.54) is 59.6 Å². The first-order valence-electron chi connectivity index (χ1n) is 12.9. The molecule has 2 unspecified atom stereocenters. The molecule has 12 heteroatoms. The Morgan fingerprint density at radius 1 is 0.667 bits per heavy atom. The first-order chi connectivity index (χ1) is 15.9. The molecule has 4 aliphatic rings. The fourth-order valence-corrected chi connectivity index (χ4v) is 39.5. The van der Waals surface area contributed by atoms with Crippen LogP contribution in [0, 0.1) is 0 Å². The van der Waals surface area contributed by atoms with Gasteiger partial charge in [-0.1, -0.05) is 0 Å². The van der Waals surface area contributed by atoms with Crippen LogP contribution in [0.1, 0.15) is 64.2 Å². The van der Waals surface area contributed by atoms with Crippen molar-refractivity contribution in [2.75, 3.05) is 0 Å². The fraction of sp³-hybridized carbons (Fsp3) is 0.667. The zero-order valence-corrected chi connectivity index (χ0v) is 32.7. The molecule has 0 N–H and O–H groups in total. The van der Waals surface area contributed by atoms with Crippen molar-refractivity contribution in [2.24, 2.45) is 0 Å². The van der Waals surface area contributed by atoms with Crippen molar-refractivity contribution in [1.29, 1.82) is 0 Å². The van der Waals surface area contributed by atoms with Gasteiger partial charge in [-0.05, 0) is 0 Å². The number of allylic oxidation sites excluding steroid dienone is 8. The summed E-state index contributed by atoms with van der Waals surface area (Å²) in [5.74, 6) is 0. The second-order valence-electron chi connectivity index (χ2n) is 11.3. The standard InChI is InChI=1S/2C9H11.2C3H6Cl3Si.2ClH.H2Si.Zr/c2*1-2-5-9-7-3-6-8(9)4-1;2*1-2-3-7(4,5)6;;;;/h2*3,6-7H,1-2,4-5H2;2*1-3H2;2*1H;1H2;. The van der Waals surface area contributed by atoms with Gasteiger partial charge in [0.05, 0.1) is 0 Å². The normalized spacial score (nSPS) is 24.4. The number of halogens is 8. The van der Waals surface area contributed by atoms with E-state index in [1.54, 1.807) is 22.3 Å². The van der Waals surface area contributed by atoms with Crippen molar-refractivity contribution in [1.82, 2.24) is 0 Å². The topological polar surface area (TPSA) is 0 Å². The average molecular weight is 786 g/mol. The van der Waals surface area contributed by atoms with E-state index in [9.17, 15) is 0 Å². The first kappa shape index (κ1) is 35.0. The molecule has 0 saturated heterocycles. The predicted octanol–water partition coefficient (Wildman–Crippen LogP) is 11.5.